The molecule has 3 N–H and O–H groups in total. The SMILES string of the molecule is CCOC(=O)C1SC=C(N)N1C(=O)O. The molecule has 0 saturated heterocycles. The van der Waals surface area contributed by atoms with Gasteiger partial charge in [0.15, 0.2) is 5.37 Å². The van der Waals surface area contributed by atoms with E-state index in [9.17, 15) is 9.59 Å². The number of carboxylic acid groups (broad SMARTS) is 1. The summed E-state index contributed by atoms with van der Waals surface area (Å²) in [4.78, 5) is 22.8. The number of carbonyl (C=O) groups is 2. The number of nitrogens with zero attached hydrogens (tertiary/aromatic N) is 1. The van der Waals surface area contributed by atoms with Gasteiger partial charge in [-0.05, 0) is 6.92 Å². The average Bonchev–Trinajstić information content (AvgIpc) is 2.47. The Morgan fingerprint density at radius 3 is 2.93 bits per heavy atom. The van der Waals surface area contributed by atoms with Gasteiger partial charge in [0, 0.05) is 5.41 Å². The summed E-state index contributed by atoms with van der Waals surface area (Å²) < 4.78 is 4.70. The molecule has 0 aromatic carbocycles. The Hall–Kier alpha value is -1.37. The fourth-order valence-electron chi connectivity index (χ4n) is 0.972. The topological polar surface area (TPSA) is 92.9 Å². The Labute approximate surface area is 84.7 Å². The fraction of sp³-hybridized carbons (Fsp3) is 0.429. The van der Waals surface area contributed by atoms with Crippen LogP contribution < -0.4 is 5.73 Å². The van der Waals surface area contributed by atoms with E-state index in [4.69, 9.17) is 15.6 Å². The van der Waals surface area contributed by atoms with Gasteiger partial charge in [0.25, 0.3) is 0 Å². The molecule has 78 valence electrons. The van der Waals surface area contributed by atoms with Crippen LogP contribution in [0.4, 0.5) is 4.79 Å². The lowest BCUT2D eigenvalue weighted by molar-refractivity contribution is -0.144. The number of rotatable bonds is 2. The first-order valence-corrected chi connectivity index (χ1v) is 4.82. The predicted molar refractivity (Wildman–Crippen MR) is 50.1 cm³/mol. The first-order chi connectivity index (χ1) is 6.57. The number of ether oxygens (including phenoxy) is 1. The second kappa shape index (κ2) is 4.23. The number of amides is 1. The summed E-state index contributed by atoms with van der Waals surface area (Å²) in [6.45, 7) is 1.86. The largest absolute Gasteiger partial charge is 0.465 e. The first-order valence-electron chi connectivity index (χ1n) is 3.87. The van der Waals surface area contributed by atoms with E-state index in [0.717, 1.165) is 16.7 Å². The van der Waals surface area contributed by atoms with Crippen molar-refractivity contribution in [3.63, 3.8) is 0 Å². The van der Waals surface area contributed by atoms with E-state index in [1.807, 2.05) is 0 Å². The number of nitrogens with two attached hydrogens (primary N) is 1. The zero-order valence-corrected chi connectivity index (χ0v) is 8.28. The molecule has 0 bridgehead atoms. The molecule has 0 spiro atoms. The monoisotopic (exact) mass is 218 g/mol. The van der Waals surface area contributed by atoms with Crippen LogP contribution in [0.5, 0.6) is 0 Å². The van der Waals surface area contributed by atoms with Gasteiger partial charge in [0.1, 0.15) is 5.82 Å². The van der Waals surface area contributed by atoms with E-state index in [2.05, 4.69) is 0 Å². The Morgan fingerprint density at radius 2 is 2.43 bits per heavy atom. The van der Waals surface area contributed by atoms with Crippen molar-refractivity contribution in [2.75, 3.05) is 6.61 Å². The van der Waals surface area contributed by atoms with Gasteiger partial charge in [-0.2, -0.15) is 0 Å². The number of esters is 1. The molecule has 0 radical (unpaired) electrons. The van der Waals surface area contributed by atoms with Gasteiger partial charge in [-0.25, -0.2) is 14.5 Å². The molecule has 0 fully saturated rings. The highest BCUT2D eigenvalue weighted by Gasteiger charge is 2.37. The van der Waals surface area contributed by atoms with Crippen molar-refractivity contribution in [1.82, 2.24) is 4.90 Å². The van der Waals surface area contributed by atoms with Crippen LogP contribution in [0.3, 0.4) is 0 Å². The van der Waals surface area contributed by atoms with Gasteiger partial charge in [-0.1, -0.05) is 11.8 Å². The van der Waals surface area contributed by atoms with Crippen LogP contribution in [0.1, 0.15) is 6.92 Å². The quantitative estimate of drug-likeness (QED) is 0.650. The van der Waals surface area contributed by atoms with Crippen molar-refractivity contribution in [3.05, 3.63) is 11.2 Å². The minimum Gasteiger partial charge on any atom is -0.465 e. The lowest BCUT2D eigenvalue weighted by atomic mass is 10.5. The maximum absolute atomic E-state index is 11.3. The van der Waals surface area contributed by atoms with E-state index in [0.29, 0.717) is 0 Å². The van der Waals surface area contributed by atoms with Crippen molar-refractivity contribution >= 4 is 23.8 Å². The third-order valence-corrected chi connectivity index (χ3v) is 2.56. The summed E-state index contributed by atoms with van der Waals surface area (Å²) in [6.07, 6.45) is -1.26. The number of hydrogen-bond acceptors (Lipinski definition) is 5. The molecule has 7 heteroatoms. The summed E-state index contributed by atoms with van der Waals surface area (Å²) in [7, 11) is 0. The van der Waals surface area contributed by atoms with Gasteiger partial charge in [-0.15, -0.1) is 0 Å². The lowest BCUT2D eigenvalue weighted by Gasteiger charge is -2.19. The molecule has 1 unspecified atom stereocenters. The Balaban J connectivity index is 2.73. The summed E-state index contributed by atoms with van der Waals surface area (Å²) >= 11 is 1.02. The number of hydrogen-bond donors (Lipinski definition) is 2. The van der Waals surface area contributed by atoms with Crippen LogP contribution in [0, 0.1) is 0 Å². The standard InChI is InChI=1S/C7H10N2O4S/c1-2-13-6(10)5-9(7(11)12)4(8)3-14-5/h3,5H,2,8H2,1H3,(H,11,12). The van der Waals surface area contributed by atoms with Crippen LogP contribution in [-0.2, 0) is 9.53 Å². The second-order valence-electron chi connectivity index (χ2n) is 2.44. The van der Waals surface area contributed by atoms with Gasteiger partial charge in [0.05, 0.1) is 6.61 Å². The van der Waals surface area contributed by atoms with Crippen LogP contribution in [0.2, 0.25) is 0 Å². The molecule has 0 aromatic rings. The molecular formula is C7H10N2O4S. The highest BCUT2D eigenvalue weighted by molar-refractivity contribution is 8.03. The molecule has 1 amide bonds. The zero-order valence-electron chi connectivity index (χ0n) is 7.47. The van der Waals surface area contributed by atoms with Crippen molar-refractivity contribution in [2.45, 2.75) is 12.3 Å². The summed E-state index contributed by atoms with van der Waals surface area (Å²) in [5.74, 6) is -0.558. The van der Waals surface area contributed by atoms with Crippen molar-refractivity contribution in [3.8, 4) is 0 Å². The van der Waals surface area contributed by atoms with E-state index < -0.39 is 17.4 Å². The smallest absolute Gasteiger partial charge is 0.414 e. The Kier molecular flexibility index (Phi) is 3.23. The van der Waals surface area contributed by atoms with E-state index in [1.54, 1.807) is 6.92 Å². The van der Waals surface area contributed by atoms with Crippen molar-refractivity contribution < 1.29 is 19.4 Å². The first kappa shape index (κ1) is 10.7. The molecule has 14 heavy (non-hydrogen) atoms. The predicted octanol–water partition coefficient (Wildman–Crippen LogP) is 0.360. The fourth-order valence-corrected chi connectivity index (χ4v) is 1.87. The molecule has 1 aliphatic rings. The highest BCUT2D eigenvalue weighted by Crippen LogP contribution is 2.29. The van der Waals surface area contributed by atoms with Crippen LogP contribution in [-0.4, -0.2) is 34.0 Å². The Bertz CT molecular complexity index is 291. The lowest BCUT2D eigenvalue weighted by Crippen LogP contribution is -2.41. The number of thioether (sulfide) groups is 1. The van der Waals surface area contributed by atoms with Crippen molar-refractivity contribution in [1.29, 1.82) is 0 Å². The molecule has 6 nitrogen and oxygen atoms in total. The van der Waals surface area contributed by atoms with Gasteiger partial charge in [-0.3, -0.25) is 0 Å². The maximum atomic E-state index is 11.3. The summed E-state index contributed by atoms with van der Waals surface area (Å²) in [5.41, 5.74) is 5.38. The molecule has 0 aromatic heterocycles. The maximum Gasteiger partial charge on any atom is 0.414 e. The molecular weight excluding hydrogens is 208 g/mol. The van der Waals surface area contributed by atoms with Gasteiger partial charge >= 0.3 is 12.1 Å². The Morgan fingerprint density at radius 1 is 1.79 bits per heavy atom. The van der Waals surface area contributed by atoms with Crippen molar-refractivity contribution in [2.24, 2.45) is 5.73 Å². The van der Waals surface area contributed by atoms with Gasteiger partial charge < -0.3 is 15.6 Å². The van der Waals surface area contributed by atoms with Crippen LogP contribution >= 0.6 is 11.8 Å². The van der Waals surface area contributed by atoms with Gasteiger partial charge in [0.2, 0.25) is 0 Å². The van der Waals surface area contributed by atoms with E-state index in [-0.39, 0.29) is 12.4 Å². The minimum absolute atomic E-state index is 0.0422. The third-order valence-electron chi connectivity index (χ3n) is 1.52. The summed E-state index contributed by atoms with van der Waals surface area (Å²) in [6, 6.07) is 0. The molecule has 1 rings (SSSR count). The van der Waals surface area contributed by atoms with E-state index in [1.165, 1.54) is 5.41 Å². The van der Waals surface area contributed by atoms with Crippen LogP contribution in [0.15, 0.2) is 11.2 Å². The molecule has 0 saturated carbocycles. The molecule has 1 atom stereocenters. The molecule has 1 aliphatic heterocycles. The molecule has 0 aliphatic carbocycles. The van der Waals surface area contributed by atoms with E-state index >= 15 is 0 Å². The number of carbonyl (C=O) groups excluding carboxylic acids is 1. The third kappa shape index (κ3) is 1.92. The zero-order chi connectivity index (χ0) is 10.7. The second-order valence-corrected chi connectivity index (χ2v) is 3.39. The minimum atomic E-state index is -1.26. The normalized spacial score (nSPS) is 20.5. The summed E-state index contributed by atoms with van der Waals surface area (Å²) in [5, 5.41) is 9.26. The molecule has 1 heterocycles. The highest BCUT2D eigenvalue weighted by atomic mass is 32.2. The van der Waals surface area contributed by atoms with Crippen LogP contribution in [0.25, 0.3) is 0 Å². The average molecular weight is 218 g/mol.